The van der Waals surface area contributed by atoms with Crippen LogP contribution in [0.25, 0.3) is 0 Å². The maximum Gasteiger partial charge on any atom is 0.120 e. The minimum atomic E-state index is -1.02. The summed E-state index contributed by atoms with van der Waals surface area (Å²) in [6.07, 6.45) is 4.14. The topological polar surface area (TPSA) is 24.9 Å². The molecule has 0 aromatic carbocycles. The number of halogens is 1. The highest BCUT2D eigenvalue weighted by atomic mass is 32.1. The van der Waals surface area contributed by atoms with Crippen molar-refractivity contribution in [2.45, 2.75) is 63.7 Å². The first-order valence-electron chi connectivity index (χ1n) is 6.42. The van der Waals surface area contributed by atoms with E-state index in [2.05, 4.69) is 17.2 Å². The van der Waals surface area contributed by atoms with E-state index in [4.69, 9.17) is 0 Å². The third-order valence-corrected chi connectivity index (χ3v) is 5.17. The Morgan fingerprint density at radius 2 is 2.00 bits per heavy atom. The van der Waals surface area contributed by atoms with Crippen LogP contribution in [0.15, 0.2) is 0 Å². The Kier molecular flexibility index (Phi) is 2.75. The third kappa shape index (κ3) is 2.25. The van der Waals surface area contributed by atoms with Gasteiger partial charge in [-0.25, -0.2) is 9.37 Å². The fourth-order valence-electron chi connectivity index (χ4n) is 3.22. The predicted molar refractivity (Wildman–Crippen MR) is 68.3 cm³/mol. The molecule has 2 unspecified atom stereocenters. The highest BCUT2D eigenvalue weighted by molar-refractivity contribution is 7.11. The summed E-state index contributed by atoms with van der Waals surface area (Å²) in [5, 5.41) is 4.47. The average molecular weight is 254 g/mol. The van der Waals surface area contributed by atoms with Crippen molar-refractivity contribution in [1.29, 1.82) is 0 Å². The first-order valence-corrected chi connectivity index (χ1v) is 7.24. The van der Waals surface area contributed by atoms with Crippen molar-refractivity contribution in [3.63, 3.8) is 0 Å². The lowest BCUT2D eigenvalue weighted by atomic mass is 9.87. The number of rotatable bonds is 2. The largest absolute Gasteiger partial charge is 0.311 e. The monoisotopic (exact) mass is 254 g/mol. The normalized spacial score (nSPS) is 36.4. The number of aromatic nitrogens is 1. The minimum absolute atomic E-state index is 0.404. The summed E-state index contributed by atoms with van der Waals surface area (Å²) in [7, 11) is 0. The first kappa shape index (κ1) is 11.6. The molecular weight excluding hydrogens is 235 g/mol. The summed E-state index contributed by atoms with van der Waals surface area (Å²) >= 11 is 1.66. The SMILES string of the molecule is Cc1nc(CC2(F)CC3CCC(C2)N3)sc1C. The lowest BCUT2D eigenvalue weighted by molar-refractivity contribution is 0.0893. The number of thiazole rings is 1. The fraction of sp³-hybridized carbons (Fsp3) is 0.769. The van der Waals surface area contributed by atoms with Gasteiger partial charge in [0.1, 0.15) is 5.67 Å². The van der Waals surface area contributed by atoms with Gasteiger partial charge in [0, 0.05) is 23.4 Å². The van der Waals surface area contributed by atoms with Gasteiger partial charge >= 0.3 is 0 Å². The lowest BCUT2D eigenvalue weighted by Crippen LogP contribution is -2.47. The van der Waals surface area contributed by atoms with E-state index in [0.29, 0.717) is 31.3 Å². The van der Waals surface area contributed by atoms with Gasteiger partial charge in [-0.15, -0.1) is 11.3 Å². The van der Waals surface area contributed by atoms with Crippen LogP contribution < -0.4 is 5.32 Å². The Labute approximate surface area is 106 Å². The van der Waals surface area contributed by atoms with Crippen LogP contribution in [0, 0.1) is 13.8 Å². The average Bonchev–Trinajstić information content (AvgIpc) is 2.71. The smallest absolute Gasteiger partial charge is 0.120 e. The van der Waals surface area contributed by atoms with Gasteiger partial charge in [-0.2, -0.15) is 0 Å². The van der Waals surface area contributed by atoms with Crippen molar-refractivity contribution in [1.82, 2.24) is 10.3 Å². The maximum atomic E-state index is 14.9. The molecule has 1 N–H and O–H groups in total. The number of hydrogen-bond acceptors (Lipinski definition) is 3. The molecule has 2 aliphatic heterocycles. The van der Waals surface area contributed by atoms with Crippen molar-refractivity contribution in [3.05, 3.63) is 15.6 Å². The van der Waals surface area contributed by atoms with E-state index in [-0.39, 0.29) is 0 Å². The van der Waals surface area contributed by atoms with E-state index >= 15 is 0 Å². The maximum absolute atomic E-state index is 14.9. The highest BCUT2D eigenvalue weighted by Crippen LogP contribution is 2.39. The van der Waals surface area contributed by atoms with Gasteiger partial charge in [0.15, 0.2) is 0 Å². The van der Waals surface area contributed by atoms with Crippen LogP contribution in [0.2, 0.25) is 0 Å². The summed E-state index contributed by atoms with van der Waals surface area (Å²) in [6.45, 7) is 4.07. The van der Waals surface area contributed by atoms with Crippen molar-refractivity contribution in [3.8, 4) is 0 Å². The van der Waals surface area contributed by atoms with Gasteiger partial charge in [-0.3, -0.25) is 0 Å². The molecule has 4 heteroatoms. The van der Waals surface area contributed by atoms with Gasteiger partial charge in [-0.05, 0) is 39.5 Å². The van der Waals surface area contributed by atoms with Gasteiger partial charge in [-0.1, -0.05) is 0 Å². The van der Waals surface area contributed by atoms with Crippen LogP contribution in [-0.4, -0.2) is 22.7 Å². The van der Waals surface area contributed by atoms with Gasteiger partial charge < -0.3 is 5.32 Å². The molecule has 2 fully saturated rings. The summed E-state index contributed by atoms with van der Waals surface area (Å²) in [4.78, 5) is 5.70. The molecule has 1 aromatic rings. The predicted octanol–water partition coefficient (Wildman–Crippen LogP) is 2.93. The molecule has 2 bridgehead atoms. The molecule has 0 saturated carbocycles. The zero-order valence-electron chi connectivity index (χ0n) is 10.4. The van der Waals surface area contributed by atoms with Gasteiger partial charge in [0.25, 0.3) is 0 Å². The molecule has 0 radical (unpaired) electrons. The minimum Gasteiger partial charge on any atom is -0.311 e. The molecule has 3 heterocycles. The van der Waals surface area contributed by atoms with Crippen molar-refractivity contribution in [2.24, 2.45) is 0 Å². The molecule has 2 aliphatic rings. The molecule has 0 aliphatic carbocycles. The molecule has 3 rings (SSSR count). The number of aryl methyl sites for hydroxylation is 2. The van der Waals surface area contributed by atoms with Crippen LogP contribution in [0.1, 0.15) is 41.3 Å². The van der Waals surface area contributed by atoms with Crippen LogP contribution >= 0.6 is 11.3 Å². The van der Waals surface area contributed by atoms with E-state index in [1.807, 2.05) is 6.92 Å². The Bertz CT molecular complexity index is 398. The molecule has 2 atom stereocenters. The van der Waals surface area contributed by atoms with Gasteiger partial charge in [0.05, 0.1) is 10.7 Å². The molecule has 0 amide bonds. The van der Waals surface area contributed by atoms with E-state index in [1.54, 1.807) is 11.3 Å². The molecule has 2 nitrogen and oxygen atoms in total. The summed E-state index contributed by atoms with van der Waals surface area (Å²) in [6, 6.07) is 0.807. The number of alkyl halides is 1. The van der Waals surface area contributed by atoms with Crippen molar-refractivity contribution >= 4 is 11.3 Å². The van der Waals surface area contributed by atoms with Gasteiger partial charge in [0.2, 0.25) is 0 Å². The van der Waals surface area contributed by atoms with E-state index in [9.17, 15) is 4.39 Å². The Morgan fingerprint density at radius 1 is 1.35 bits per heavy atom. The van der Waals surface area contributed by atoms with E-state index in [0.717, 1.165) is 23.5 Å². The first-order chi connectivity index (χ1) is 8.04. The number of fused-ring (bicyclic) bond motifs is 2. The summed E-state index contributed by atoms with van der Waals surface area (Å²) in [5.74, 6) is 0. The fourth-order valence-corrected chi connectivity index (χ4v) is 4.28. The number of piperidine rings is 1. The second-order valence-corrected chi connectivity index (χ2v) is 6.91. The second-order valence-electron chi connectivity index (χ2n) is 5.62. The summed E-state index contributed by atoms with van der Waals surface area (Å²) < 4.78 is 14.9. The van der Waals surface area contributed by atoms with E-state index < -0.39 is 5.67 Å². The second kappa shape index (κ2) is 4.02. The van der Waals surface area contributed by atoms with Crippen LogP contribution in [-0.2, 0) is 6.42 Å². The standard InChI is InChI=1S/C13H19FN2S/c1-8-9(2)17-12(15-8)7-13(14)5-10-3-4-11(6-13)16-10/h10-11,16H,3-7H2,1-2H3. The molecular formula is C13H19FN2S. The number of nitrogens with one attached hydrogen (secondary N) is 1. The number of nitrogens with zero attached hydrogens (tertiary/aromatic N) is 1. The molecule has 0 spiro atoms. The zero-order chi connectivity index (χ0) is 12.0. The highest BCUT2D eigenvalue weighted by Gasteiger charge is 2.44. The molecule has 2 saturated heterocycles. The lowest BCUT2D eigenvalue weighted by Gasteiger charge is -2.34. The van der Waals surface area contributed by atoms with E-state index in [1.165, 1.54) is 4.88 Å². The van der Waals surface area contributed by atoms with Crippen molar-refractivity contribution in [2.75, 3.05) is 0 Å². The number of hydrogen-bond donors (Lipinski definition) is 1. The summed E-state index contributed by atoms with van der Waals surface area (Å²) in [5.41, 5.74) is 0.0406. The third-order valence-electron chi connectivity index (χ3n) is 4.10. The molecule has 94 valence electrons. The van der Waals surface area contributed by atoms with Crippen LogP contribution in [0.3, 0.4) is 0 Å². The Balaban J connectivity index is 1.75. The quantitative estimate of drug-likeness (QED) is 0.877. The molecule has 1 aromatic heterocycles. The molecule has 17 heavy (non-hydrogen) atoms. The van der Waals surface area contributed by atoms with Crippen LogP contribution in [0.5, 0.6) is 0 Å². The Morgan fingerprint density at radius 3 is 2.53 bits per heavy atom. The van der Waals surface area contributed by atoms with Crippen LogP contribution in [0.4, 0.5) is 4.39 Å². The van der Waals surface area contributed by atoms with Crippen molar-refractivity contribution < 1.29 is 4.39 Å². The Hall–Kier alpha value is -0.480. The zero-order valence-corrected chi connectivity index (χ0v) is 11.2.